The molecule has 2 aromatic rings. The van der Waals surface area contributed by atoms with Crippen molar-refractivity contribution in [3.8, 4) is 5.75 Å². The molecule has 4 nitrogen and oxygen atoms in total. The molecule has 1 aromatic heterocycles. The van der Waals surface area contributed by atoms with Crippen LogP contribution in [0.5, 0.6) is 5.75 Å². The number of hydrogen-bond donors (Lipinski definition) is 1. The van der Waals surface area contributed by atoms with Gasteiger partial charge in [-0.3, -0.25) is 0 Å². The molecule has 2 rings (SSSR count). The molecule has 0 aliphatic heterocycles. The number of hydrogen-bond acceptors (Lipinski definition) is 4. The van der Waals surface area contributed by atoms with E-state index in [1.54, 1.807) is 19.5 Å². The predicted molar refractivity (Wildman–Crippen MR) is 70.7 cm³/mol. The van der Waals surface area contributed by atoms with Crippen molar-refractivity contribution in [2.45, 2.75) is 13.0 Å². The van der Waals surface area contributed by atoms with E-state index in [1.807, 2.05) is 25.2 Å². The molecule has 1 atom stereocenters. The third-order valence-corrected chi connectivity index (χ3v) is 3.02. The first-order valence-corrected chi connectivity index (χ1v) is 5.84. The molecule has 0 aliphatic rings. The molecule has 0 bridgehead atoms. The summed E-state index contributed by atoms with van der Waals surface area (Å²) in [5.74, 6) is 0.874. The van der Waals surface area contributed by atoms with Crippen LogP contribution in [-0.4, -0.2) is 24.4 Å². The van der Waals surface area contributed by atoms with Crippen LogP contribution in [0.2, 0.25) is 0 Å². The molecule has 4 heteroatoms. The zero-order valence-corrected chi connectivity index (χ0v) is 10.8. The highest BCUT2D eigenvalue weighted by Gasteiger charge is 2.14. The Morgan fingerprint density at radius 2 is 2.06 bits per heavy atom. The molecule has 0 fully saturated rings. The summed E-state index contributed by atoms with van der Waals surface area (Å²) in [6.07, 6.45) is 3.49. The monoisotopic (exact) mass is 243 g/mol. The third-order valence-electron chi connectivity index (χ3n) is 3.02. The average molecular weight is 243 g/mol. The predicted octanol–water partition coefficient (Wildman–Crippen LogP) is 2.10. The van der Waals surface area contributed by atoms with Crippen LogP contribution in [0, 0.1) is 6.92 Å². The first-order chi connectivity index (χ1) is 8.76. The maximum atomic E-state index is 5.23. The van der Waals surface area contributed by atoms with Crippen molar-refractivity contribution in [2.24, 2.45) is 0 Å². The Morgan fingerprint density at radius 3 is 2.61 bits per heavy atom. The molecule has 1 aromatic carbocycles. The molecule has 0 saturated heterocycles. The van der Waals surface area contributed by atoms with Crippen molar-refractivity contribution in [2.75, 3.05) is 14.2 Å². The van der Waals surface area contributed by atoms with E-state index in [0.29, 0.717) is 0 Å². The van der Waals surface area contributed by atoms with Crippen LogP contribution in [0.3, 0.4) is 0 Å². The van der Waals surface area contributed by atoms with E-state index >= 15 is 0 Å². The number of methoxy groups -OCH3 is 1. The largest absolute Gasteiger partial charge is 0.497 e. The normalized spacial score (nSPS) is 12.2. The molecule has 1 N–H and O–H groups in total. The Bertz CT molecular complexity index is 514. The second-order valence-corrected chi connectivity index (χ2v) is 4.12. The van der Waals surface area contributed by atoms with Gasteiger partial charge in [0, 0.05) is 6.20 Å². The minimum atomic E-state index is 0.117. The topological polar surface area (TPSA) is 47.0 Å². The van der Waals surface area contributed by atoms with Crippen molar-refractivity contribution < 1.29 is 4.74 Å². The minimum absolute atomic E-state index is 0.117. The number of nitrogens with zero attached hydrogens (tertiary/aromatic N) is 2. The lowest BCUT2D eigenvalue weighted by Gasteiger charge is -2.19. The summed E-state index contributed by atoms with van der Waals surface area (Å²) in [7, 11) is 3.62. The average Bonchev–Trinajstić information content (AvgIpc) is 2.42. The van der Waals surface area contributed by atoms with Gasteiger partial charge in [0.2, 0.25) is 0 Å². The van der Waals surface area contributed by atoms with Gasteiger partial charge in [-0.25, -0.2) is 0 Å². The van der Waals surface area contributed by atoms with Crippen LogP contribution in [0.4, 0.5) is 0 Å². The number of rotatable bonds is 4. The highest BCUT2D eigenvalue weighted by atomic mass is 16.5. The lowest BCUT2D eigenvalue weighted by molar-refractivity contribution is 0.414. The minimum Gasteiger partial charge on any atom is -0.497 e. The molecular weight excluding hydrogens is 226 g/mol. The Morgan fingerprint density at radius 1 is 1.22 bits per heavy atom. The molecule has 0 amide bonds. The van der Waals surface area contributed by atoms with Crippen LogP contribution < -0.4 is 10.1 Å². The van der Waals surface area contributed by atoms with Gasteiger partial charge in [0.05, 0.1) is 19.3 Å². The van der Waals surface area contributed by atoms with Crippen molar-refractivity contribution in [1.82, 2.24) is 15.5 Å². The van der Waals surface area contributed by atoms with E-state index in [2.05, 4.69) is 28.5 Å². The number of ether oxygens (including phenoxy) is 1. The second kappa shape index (κ2) is 5.60. The summed E-state index contributed by atoms with van der Waals surface area (Å²) in [4.78, 5) is 0. The lowest BCUT2D eigenvalue weighted by atomic mass is 9.96. The van der Waals surface area contributed by atoms with Crippen LogP contribution in [0.15, 0.2) is 36.7 Å². The van der Waals surface area contributed by atoms with Crippen LogP contribution >= 0.6 is 0 Å². The highest BCUT2D eigenvalue weighted by molar-refractivity contribution is 5.40. The summed E-state index contributed by atoms with van der Waals surface area (Å²) < 4.78 is 5.23. The van der Waals surface area contributed by atoms with Gasteiger partial charge in [0.25, 0.3) is 0 Å². The van der Waals surface area contributed by atoms with E-state index in [4.69, 9.17) is 4.74 Å². The Kier molecular flexibility index (Phi) is 3.89. The van der Waals surface area contributed by atoms with Gasteiger partial charge in [-0.2, -0.15) is 10.2 Å². The van der Waals surface area contributed by atoms with E-state index in [0.717, 1.165) is 11.3 Å². The fourth-order valence-corrected chi connectivity index (χ4v) is 2.07. The van der Waals surface area contributed by atoms with Gasteiger partial charge in [-0.1, -0.05) is 6.07 Å². The van der Waals surface area contributed by atoms with Crippen molar-refractivity contribution in [3.05, 3.63) is 53.3 Å². The SMILES string of the molecule is CNC(c1ccnnc1)c1ccc(OC)cc1C. The van der Waals surface area contributed by atoms with Gasteiger partial charge >= 0.3 is 0 Å². The fraction of sp³-hybridized carbons (Fsp3) is 0.286. The van der Waals surface area contributed by atoms with E-state index in [9.17, 15) is 0 Å². The molecule has 94 valence electrons. The van der Waals surface area contributed by atoms with Gasteiger partial charge in [0.15, 0.2) is 0 Å². The quantitative estimate of drug-likeness (QED) is 0.893. The number of benzene rings is 1. The summed E-state index contributed by atoms with van der Waals surface area (Å²) in [6, 6.07) is 8.18. The highest BCUT2D eigenvalue weighted by Crippen LogP contribution is 2.26. The van der Waals surface area contributed by atoms with Crippen LogP contribution in [0.25, 0.3) is 0 Å². The Hall–Kier alpha value is -1.94. The maximum absolute atomic E-state index is 5.23. The summed E-state index contributed by atoms with van der Waals surface area (Å²) in [6.45, 7) is 2.08. The lowest BCUT2D eigenvalue weighted by Crippen LogP contribution is -2.19. The molecule has 18 heavy (non-hydrogen) atoms. The molecular formula is C14H17N3O. The van der Waals surface area contributed by atoms with Gasteiger partial charge in [0.1, 0.15) is 5.75 Å². The molecule has 1 heterocycles. The Balaban J connectivity index is 2.39. The zero-order valence-electron chi connectivity index (χ0n) is 10.8. The van der Waals surface area contributed by atoms with E-state index < -0.39 is 0 Å². The third kappa shape index (κ3) is 2.49. The summed E-state index contributed by atoms with van der Waals surface area (Å²) in [5.41, 5.74) is 3.50. The fourth-order valence-electron chi connectivity index (χ4n) is 2.07. The van der Waals surface area contributed by atoms with Crippen LogP contribution in [-0.2, 0) is 0 Å². The molecule has 0 aliphatic carbocycles. The smallest absolute Gasteiger partial charge is 0.119 e. The van der Waals surface area contributed by atoms with Crippen molar-refractivity contribution >= 4 is 0 Å². The molecule has 0 saturated carbocycles. The summed E-state index contributed by atoms with van der Waals surface area (Å²) >= 11 is 0. The number of nitrogens with one attached hydrogen (secondary N) is 1. The standard InChI is InChI=1S/C14H17N3O/c1-10-8-12(18-3)4-5-13(10)14(15-2)11-6-7-16-17-9-11/h4-9,14-15H,1-3H3. The van der Waals surface area contributed by atoms with Gasteiger partial charge < -0.3 is 10.1 Å². The first-order valence-electron chi connectivity index (χ1n) is 5.84. The molecule has 0 spiro atoms. The van der Waals surface area contributed by atoms with E-state index in [1.165, 1.54) is 11.1 Å². The Labute approximate surface area is 107 Å². The van der Waals surface area contributed by atoms with Gasteiger partial charge in [-0.15, -0.1) is 0 Å². The van der Waals surface area contributed by atoms with E-state index in [-0.39, 0.29) is 6.04 Å². The summed E-state index contributed by atoms with van der Waals surface area (Å²) in [5, 5.41) is 11.0. The zero-order chi connectivity index (χ0) is 13.0. The second-order valence-electron chi connectivity index (χ2n) is 4.12. The first kappa shape index (κ1) is 12.5. The molecule has 1 unspecified atom stereocenters. The van der Waals surface area contributed by atoms with Crippen molar-refractivity contribution in [3.63, 3.8) is 0 Å². The maximum Gasteiger partial charge on any atom is 0.119 e. The number of aromatic nitrogens is 2. The van der Waals surface area contributed by atoms with Crippen molar-refractivity contribution in [1.29, 1.82) is 0 Å². The molecule has 0 radical (unpaired) electrons. The number of aryl methyl sites for hydroxylation is 1. The van der Waals surface area contributed by atoms with Crippen LogP contribution in [0.1, 0.15) is 22.7 Å². The van der Waals surface area contributed by atoms with Gasteiger partial charge in [-0.05, 0) is 48.9 Å².